The smallest absolute Gasteiger partial charge is 0.126 e. The molecule has 0 aliphatic heterocycles. The van der Waals surface area contributed by atoms with Crippen LogP contribution >= 0.6 is 0 Å². The maximum Gasteiger partial charge on any atom is 0.126 e. The van der Waals surface area contributed by atoms with Gasteiger partial charge in [0.25, 0.3) is 0 Å². The van der Waals surface area contributed by atoms with E-state index in [1.165, 1.54) is 0 Å². The molecule has 1 aromatic heterocycles. The van der Waals surface area contributed by atoms with Crippen molar-refractivity contribution in [1.29, 1.82) is 0 Å². The van der Waals surface area contributed by atoms with Crippen molar-refractivity contribution in [1.82, 2.24) is 4.98 Å². The highest BCUT2D eigenvalue weighted by Gasteiger charge is 2.41. The number of nitrogen functional groups attached to an aromatic ring is 1. The van der Waals surface area contributed by atoms with Gasteiger partial charge in [0, 0.05) is 19.2 Å². The van der Waals surface area contributed by atoms with E-state index >= 15 is 0 Å². The first kappa shape index (κ1) is 13.3. The summed E-state index contributed by atoms with van der Waals surface area (Å²) in [4.78, 5) is 4.05. The van der Waals surface area contributed by atoms with Crippen LogP contribution in [0.4, 0.5) is 5.82 Å². The van der Waals surface area contributed by atoms with E-state index in [2.05, 4.69) is 4.98 Å². The summed E-state index contributed by atoms with van der Waals surface area (Å²) in [7, 11) is 0. The molecule has 0 spiro atoms. The SMILES string of the molecule is CCOC1(C(O)Cc2cccnc2N)CCCC1. The van der Waals surface area contributed by atoms with Crippen molar-refractivity contribution in [3.05, 3.63) is 23.9 Å². The highest BCUT2D eigenvalue weighted by Crippen LogP contribution is 2.37. The van der Waals surface area contributed by atoms with Crippen molar-refractivity contribution >= 4 is 5.82 Å². The van der Waals surface area contributed by atoms with E-state index in [-0.39, 0.29) is 5.60 Å². The van der Waals surface area contributed by atoms with Gasteiger partial charge in [-0.25, -0.2) is 4.98 Å². The number of nitrogens with zero attached hydrogens (tertiary/aromatic N) is 1. The van der Waals surface area contributed by atoms with Crippen LogP contribution in [0.2, 0.25) is 0 Å². The highest BCUT2D eigenvalue weighted by molar-refractivity contribution is 5.39. The van der Waals surface area contributed by atoms with Crippen molar-refractivity contribution in [3.63, 3.8) is 0 Å². The van der Waals surface area contributed by atoms with Gasteiger partial charge in [-0.3, -0.25) is 0 Å². The number of nitrogens with two attached hydrogens (primary N) is 1. The largest absolute Gasteiger partial charge is 0.390 e. The number of rotatable bonds is 5. The van der Waals surface area contributed by atoms with Crippen LogP contribution in [0.15, 0.2) is 18.3 Å². The van der Waals surface area contributed by atoms with Crippen molar-refractivity contribution in [3.8, 4) is 0 Å². The molecule has 1 unspecified atom stereocenters. The lowest BCUT2D eigenvalue weighted by Crippen LogP contribution is -2.44. The Balaban J connectivity index is 2.10. The van der Waals surface area contributed by atoms with Crippen LogP contribution in [0.1, 0.15) is 38.2 Å². The molecule has 0 aromatic carbocycles. The molecule has 3 N–H and O–H groups in total. The zero-order valence-electron chi connectivity index (χ0n) is 10.9. The average Bonchev–Trinajstić information content (AvgIpc) is 2.82. The molecule has 0 amide bonds. The summed E-state index contributed by atoms with van der Waals surface area (Å²) < 4.78 is 5.85. The Bertz CT molecular complexity index is 389. The fourth-order valence-corrected chi connectivity index (χ4v) is 2.85. The van der Waals surface area contributed by atoms with E-state index in [9.17, 15) is 5.11 Å². The van der Waals surface area contributed by atoms with Crippen molar-refractivity contribution in [2.24, 2.45) is 0 Å². The quantitative estimate of drug-likeness (QED) is 0.837. The van der Waals surface area contributed by atoms with E-state index in [0.29, 0.717) is 18.8 Å². The third kappa shape index (κ3) is 2.65. The summed E-state index contributed by atoms with van der Waals surface area (Å²) in [6, 6.07) is 3.76. The number of anilines is 1. The maximum atomic E-state index is 10.5. The minimum atomic E-state index is -0.508. The maximum absolute atomic E-state index is 10.5. The second-order valence-electron chi connectivity index (χ2n) is 4.97. The van der Waals surface area contributed by atoms with Gasteiger partial charge < -0.3 is 15.6 Å². The minimum absolute atomic E-state index is 0.378. The molecule has 1 aliphatic carbocycles. The summed E-state index contributed by atoms with van der Waals surface area (Å²) >= 11 is 0. The van der Waals surface area contributed by atoms with Gasteiger partial charge in [0.1, 0.15) is 5.82 Å². The number of hydrogen-bond acceptors (Lipinski definition) is 4. The third-order valence-electron chi connectivity index (χ3n) is 3.83. The van der Waals surface area contributed by atoms with E-state index < -0.39 is 6.10 Å². The highest BCUT2D eigenvalue weighted by atomic mass is 16.5. The first-order valence-corrected chi connectivity index (χ1v) is 6.69. The van der Waals surface area contributed by atoms with Crippen molar-refractivity contribution < 1.29 is 9.84 Å². The van der Waals surface area contributed by atoms with Gasteiger partial charge in [-0.05, 0) is 31.4 Å². The molecule has 4 nitrogen and oxygen atoms in total. The normalized spacial score (nSPS) is 19.9. The van der Waals surface area contributed by atoms with Crippen LogP contribution in [0.25, 0.3) is 0 Å². The summed E-state index contributed by atoms with van der Waals surface area (Å²) in [5.74, 6) is 0.501. The van der Waals surface area contributed by atoms with Crippen LogP contribution < -0.4 is 5.73 Å². The molecule has 1 aromatic rings. The molecule has 1 saturated carbocycles. The fourth-order valence-electron chi connectivity index (χ4n) is 2.85. The Morgan fingerprint density at radius 1 is 1.50 bits per heavy atom. The second kappa shape index (κ2) is 5.67. The van der Waals surface area contributed by atoms with E-state index in [1.807, 2.05) is 19.1 Å². The number of aliphatic hydroxyl groups is 1. The monoisotopic (exact) mass is 250 g/mol. The number of hydrogen-bond donors (Lipinski definition) is 2. The Kier molecular flexibility index (Phi) is 4.19. The molecule has 1 fully saturated rings. The first-order chi connectivity index (χ1) is 8.68. The predicted molar refractivity (Wildman–Crippen MR) is 71.2 cm³/mol. The first-order valence-electron chi connectivity index (χ1n) is 6.69. The average molecular weight is 250 g/mol. The molecule has 2 rings (SSSR count). The Morgan fingerprint density at radius 2 is 2.22 bits per heavy atom. The van der Waals surface area contributed by atoms with Crippen LogP contribution in [-0.4, -0.2) is 28.4 Å². The lowest BCUT2D eigenvalue weighted by Gasteiger charge is -2.34. The third-order valence-corrected chi connectivity index (χ3v) is 3.83. The molecule has 1 heterocycles. The van der Waals surface area contributed by atoms with Crippen LogP contribution in [0, 0.1) is 0 Å². The van der Waals surface area contributed by atoms with Gasteiger partial charge in [-0.2, -0.15) is 0 Å². The Morgan fingerprint density at radius 3 is 2.83 bits per heavy atom. The molecular weight excluding hydrogens is 228 g/mol. The van der Waals surface area contributed by atoms with Crippen molar-refractivity contribution in [2.75, 3.05) is 12.3 Å². The number of pyridine rings is 1. The Hall–Kier alpha value is -1.13. The zero-order chi connectivity index (χ0) is 13.0. The second-order valence-corrected chi connectivity index (χ2v) is 4.97. The number of aliphatic hydroxyl groups excluding tert-OH is 1. The minimum Gasteiger partial charge on any atom is -0.390 e. The van der Waals surface area contributed by atoms with Crippen LogP contribution in [-0.2, 0) is 11.2 Å². The molecule has 1 atom stereocenters. The molecular formula is C14H22N2O2. The van der Waals surface area contributed by atoms with Crippen LogP contribution in [0.5, 0.6) is 0 Å². The van der Waals surface area contributed by atoms with Gasteiger partial charge in [0.15, 0.2) is 0 Å². The van der Waals surface area contributed by atoms with Crippen molar-refractivity contribution in [2.45, 2.75) is 50.7 Å². The molecule has 18 heavy (non-hydrogen) atoms. The molecule has 4 heteroatoms. The molecule has 1 aliphatic rings. The van der Waals surface area contributed by atoms with Gasteiger partial charge in [0.2, 0.25) is 0 Å². The summed E-state index contributed by atoms with van der Waals surface area (Å²) in [6.45, 7) is 2.62. The van der Waals surface area contributed by atoms with Gasteiger partial charge in [0.05, 0.1) is 11.7 Å². The number of aromatic nitrogens is 1. The van der Waals surface area contributed by atoms with Gasteiger partial charge in [-0.1, -0.05) is 18.9 Å². The summed E-state index contributed by atoms with van der Waals surface area (Å²) in [5, 5.41) is 10.5. The fraction of sp³-hybridized carbons (Fsp3) is 0.643. The predicted octanol–water partition coefficient (Wildman–Crippen LogP) is 1.92. The van der Waals surface area contributed by atoms with E-state index in [4.69, 9.17) is 10.5 Å². The molecule has 0 radical (unpaired) electrons. The number of ether oxygens (including phenoxy) is 1. The molecule has 0 saturated heterocycles. The van der Waals surface area contributed by atoms with E-state index in [0.717, 1.165) is 31.2 Å². The summed E-state index contributed by atoms with van der Waals surface area (Å²) in [6.07, 6.45) is 5.79. The van der Waals surface area contributed by atoms with Gasteiger partial charge >= 0.3 is 0 Å². The van der Waals surface area contributed by atoms with E-state index in [1.54, 1.807) is 6.20 Å². The molecule has 0 bridgehead atoms. The Labute approximate surface area is 108 Å². The summed E-state index contributed by atoms with van der Waals surface area (Å²) in [5.41, 5.74) is 6.34. The van der Waals surface area contributed by atoms with Crippen LogP contribution in [0.3, 0.4) is 0 Å². The standard InChI is InChI=1S/C14H22N2O2/c1-2-18-14(7-3-4-8-14)12(17)10-11-6-5-9-16-13(11)15/h5-6,9,12,17H,2-4,7-8,10H2,1H3,(H2,15,16). The zero-order valence-corrected chi connectivity index (χ0v) is 10.9. The van der Waals surface area contributed by atoms with Gasteiger partial charge in [-0.15, -0.1) is 0 Å². The lowest BCUT2D eigenvalue weighted by molar-refractivity contribution is -0.115. The topological polar surface area (TPSA) is 68.4 Å². The molecule has 100 valence electrons. The lowest BCUT2D eigenvalue weighted by atomic mass is 9.90.